The van der Waals surface area contributed by atoms with E-state index < -0.39 is 0 Å². The van der Waals surface area contributed by atoms with Gasteiger partial charge in [-0.3, -0.25) is 0 Å². The highest BCUT2D eigenvalue weighted by atomic mass is 79.9. The van der Waals surface area contributed by atoms with Gasteiger partial charge in [0.15, 0.2) is 0 Å². The van der Waals surface area contributed by atoms with Gasteiger partial charge in [-0.05, 0) is 50.6 Å². The number of hydrogen-bond donors (Lipinski definition) is 0. The van der Waals surface area contributed by atoms with Gasteiger partial charge in [0.05, 0.1) is 0 Å². The Labute approximate surface area is 119 Å². The third-order valence-electron chi connectivity index (χ3n) is 3.72. The highest BCUT2D eigenvalue weighted by molar-refractivity contribution is 9.10. The second-order valence-corrected chi connectivity index (χ2v) is 6.20. The van der Waals surface area contributed by atoms with E-state index in [4.69, 9.17) is 0 Å². The molecule has 1 aliphatic rings. The highest BCUT2D eigenvalue weighted by Gasteiger charge is 2.12. The zero-order chi connectivity index (χ0) is 13.0. The molecule has 0 bridgehead atoms. The standard InChI is InChI=1S/C15H23BrN2/c1-13-5-6-14(15(16)12-13)4-3-7-18-10-8-17(2)9-11-18/h5-6,12H,3-4,7-11H2,1-2H3. The second-order valence-electron chi connectivity index (χ2n) is 5.34. The van der Waals surface area contributed by atoms with Gasteiger partial charge in [0.2, 0.25) is 0 Å². The molecule has 1 aliphatic heterocycles. The fourth-order valence-corrected chi connectivity index (χ4v) is 3.11. The van der Waals surface area contributed by atoms with Crippen molar-refractivity contribution in [1.29, 1.82) is 0 Å². The summed E-state index contributed by atoms with van der Waals surface area (Å²) in [6, 6.07) is 6.67. The third kappa shape index (κ3) is 4.08. The van der Waals surface area contributed by atoms with Crippen LogP contribution in [0.1, 0.15) is 17.5 Å². The lowest BCUT2D eigenvalue weighted by molar-refractivity contribution is 0.153. The summed E-state index contributed by atoms with van der Waals surface area (Å²) in [7, 11) is 2.21. The zero-order valence-electron chi connectivity index (χ0n) is 11.5. The van der Waals surface area contributed by atoms with E-state index in [1.807, 2.05) is 0 Å². The maximum Gasteiger partial charge on any atom is 0.0209 e. The molecule has 18 heavy (non-hydrogen) atoms. The Morgan fingerprint density at radius 1 is 1.17 bits per heavy atom. The largest absolute Gasteiger partial charge is 0.304 e. The molecule has 2 rings (SSSR count). The molecule has 0 saturated carbocycles. The van der Waals surface area contributed by atoms with Gasteiger partial charge in [-0.25, -0.2) is 0 Å². The Bertz CT molecular complexity index is 384. The minimum atomic E-state index is 1.17. The Kier molecular flexibility index (Phi) is 5.22. The molecule has 1 heterocycles. The fourth-order valence-electron chi connectivity index (χ4n) is 2.42. The maximum absolute atomic E-state index is 3.66. The van der Waals surface area contributed by atoms with Crippen molar-refractivity contribution in [2.24, 2.45) is 0 Å². The molecule has 0 aromatic heterocycles. The predicted octanol–water partition coefficient (Wildman–Crippen LogP) is 2.94. The van der Waals surface area contributed by atoms with Crippen LogP contribution in [0.4, 0.5) is 0 Å². The van der Waals surface area contributed by atoms with E-state index in [9.17, 15) is 0 Å². The van der Waals surface area contributed by atoms with Gasteiger partial charge >= 0.3 is 0 Å². The molecule has 1 saturated heterocycles. The summed E-state index contributed by atoms with van der Waals surface area (Å²) >= 11 is 3.66. The summed E-state index contributed by atoms with van der Waals surface area (Å²) in [4.78, 5) is 5.00. The molecule has 0 atom stereocenters. The van der Waals surface area contributed by atoms with E-state index in [0.717, 1.165) is 0 Å². The van der Waals surface area contributed by atoms with Crippen molar-refractivity contribution in [2.45, 2.75) is 19.8 Å². The van der Waals surface area contributed by atoms with E-state index >= 15 is 0 Å². The topological polar surface area (TPSA) is 6.48 Å². The number of aryl methyl sites for hydroxylation is 2. The molecule has 1 aromatic rings. The fraction of sp³-hybridized carbons (Fsp3) is 0.600. The van der Waals surface area contributed by atoms with Crippen LogP contribution in [0.15, 0.2) is 22.7 Å². The van der Waals surface area contributed by atoms with Crippen LogP contribution in [0.25, 0.3) is 0 Å². The van der Waals surface area contributed by atoms with Crippen LogP contribution in [-0.2, 0) is 6.42 Å². The molecule has 1 aromatic carbocycles. The van der Waals surface area contributed by atoms with Crippen LogP contribution in [0.2, 0.25) is 0 Å². The number of likely N-dealkylation sites (N-methyl/N-ethyl adjacent to an activating group) is 1. The first kappa shape index (κ1) is 14.0. The Hall–Kier alpha value is -0.380. The van der Waals surface area contributed by atoms with Crippen molar-refractivity contribution in [3.05, 3.63) is 33.8 Å². The van der Waals surface area contributed by atoms with Crippen LogP contribution in [0, 0.1) is 6.92 Å². The lowest BCUT2D eigenvalue weighted by Crippen LogP contribution is -2.44. The summed E-state index contributed by atoms with van der Waals surface area (Å²) < 4.78 is 1.26. The van der Waals surface area contributed by atoms with Crippen molar-refractivity contribution in [3.8, 4) is 0 Å². The normalized spacial score (nSPS) is 18.2. The van der Waals surface area contributed by atoms with Crippen LogP contribution >= 0.6 is 15.9 Å². The number of rotatable bonds is 4. The minimum Gasteiger partial charge on any atom is -0.304 e. The smallest absolute Gasteiger partial charge is 0.0209 e. The highest BCUT2D eigenvalue weighted by Crippen LogP contribution is 2.19. The van der Waals surface area contributed by atoms with Crippen molar-refractivity contribution in [3.63, 3.8) is 0 Å². The van der Waals surface area contributed by atoms with Gasteiger partial charge in [-0.1, -0.05) is 28.1 Å². The molecule has 1 fully saturated rings. The van der Waals surface area contributed by atoms with Crippen molar-refractivity contribution >= 4 is 15.9 Å². The van der Waals surface area contributed by atoms with Crippen LogP contribution in [0.3, 0.4) is 0 Å². The summed E-state index contributed by atoms with van der Waals surface area (Å²) in [5, 5.41) is 0. The number of halogens is 1. The quantitative estimate of drug-likeness (QED) is 0.843. The van der Waals surface area contributed by atoms with E-state index in [-0.39, 0.29) is 0 Å². The third-order valence-corrected chi connectivity index (χ3v) is 4.46. The molecule has 0 radical (unpaired) electrons. The molecule has 0 N–H and O–H groups in total. The summed E-state index contributed by atoms with van der Waals surface area (Å²) in [6.07, 6.45) is 2.43. The summed E-state index contributed by atoms with van der Waals surface area (Å²) in [5.41, 5.74) is 2.76. The summed E-state index contributed by atoms with van der Waals surface area (Å²) in [5.74, 6) is 0. The van der Waals surface area contributed by atoms with Crippen molar-refractivity contribution < 1.29 is 0 Å². The first-order valence-corrected chi connectivity index (χ1v) is 7.60. The molecule has 0 amide bonds. The average Bonchev–Trinajstić information content (AvgIpc) is 2.34. The molecule has 0 unspecified atom stereocenters. The molecule has 100 valence electrons. The van der Waals surface area contributed by atoms with Crippen LogP contribution < -0.4 is 0 Å². The SMILES string of the molecule is Cc1ccc(CCCN2CCN(C)CC2)c(Br)c1. The predicted molar refractivity (Wildman–Crippen MR) is 81.1 cm³/mol. The Balaban J connectivity index is 1.75. The van der Waals surface area contributed by atoms with Gasteiger partial charge in [0, 0.05) is 30.7 Å². The molecular weight excluding hydrogens is 288 g/mol. The first-order valence-electron chi connectivity index (χ1n) is 6.81. The van der Waals surface area contributed by atoms with Gasteiger partial charge < -0.3 is 9.80 Å². The van der Waals surface area contributed by atoms with E-state index in [2.05, 4.69) is 57.9 Å². The Morgan fingerprint density at radius 2 is 1.89 bits per heavy atom. The van der Waals surface area contributed by atoms with Gasteiger partial charge in [-0.15, -0.1) is 0 Å². The molecule has 0 spiro atoms. The van der Waals surface area contributed by atoms with E-state index in [1.54, 1.807) is 0 Å². The minimum absolute atomic E-state index is 1.17. The molecule has 2 nitrogen and oxygen atoms in total. The van der Waals surface area contributed by atoms with Gasteiger partial charge in [-0.2, -0.15) is 0 Å². The van der Waals surface area contributed by atoms with Crippen molar-refractivity contribution in [2.75, 3.05) is 39.8 Å². The Morgan fingerprint density at radius 3 is 2.56 bits per heavy atom. The lowest BCUT2D eigenvalue weighted by Gasteiger charge is -2.32. The summed E-state index contributed by atoms with van der Waals surface area (Å²) in [6.45, 7) is 8.26. The lowest BCUT2D eigenvalue weighted by atomic mass is 10.1. The maximum atomic E-state index is 3.66. The second kappa shape index (κ2) is 6.69. The average molecular weight is 311 g/mol. The molecule has 3 heteroatoms. The molecular formula is C15H23BrN2. The number of nitrogens with zero attached hydrogens (tertiary/aromatic N) is 2. The number of piperazine rings is 1. The van der Waals surface area contributed by atoms with Crippen molar-refractivity contribution in [1.82, 2.24) is 9.80 Å². The van der Waals surface area contributed by atoms with Gasteiger partial charge in [0.1, 0.15) is 0 Å². The number of hydrogen-bond acceptors (Lipinski definition) is 2. The van der Waals surface area contributed by atoms with Gasteiger partial charge in [0.25, 0.3) is 0 Å². The molecule has 0 aliphatic carbocycles. The first-order chi connectivity index (χ1) is 8.65. The van der Waals surface area contributed by atoms with E-state index in [1.165, 1.54) is 61.2 Å². The van der Waals surface area contributed by atoms with E-state index in [0.29, 0.717) is 0 Å². The monoisotopic (exact) mass is 310 g/mol. The zero-order valence-corrected chi connectivity index (χ0v) is 13.0. The number of benzene rings is 1. The van der Waals surface area contributed by atoms with Crippen LogP contribution in [-0.4, -0.2) is 49.6 Å². The van der Waals surface area contributed by atoms with Crippen LogP contribution in [0.5, 0.6) is 0 Å².